The van der Waals surface area contributed by atoms with E-state index in [1.165, 1.54) is 7.11 Å². The molecule has 5 N–H and O–H groups in total. The molecule has 0 aromatic heterocycles. The molecule has 0 saturated carbocycles. The summed E-state index contributed by atoms with van der Waals surface area (Å²) in [6.07, 6.45) is 3.38. The van der Waals surface area contributed by atoms with Crippen LogP contribution in [0.15, 0.2) is 12.2 Å². The number of allylic oxidation sites excluding steroid dienone is 1. The Bertz CT molecular complexity index is 290. The maximum atomic E-state index is 11.5. The fourth-order valence-electron chi connectivity index (χ4n) is 1.01. The monoisotopic (exact) mass is 243 g/mol. The standard InChI is InChI=1S/C11H21N3O3/c1-7(2)4-5-9(11(16)17-3)14-10(15)8(13)6-12/h4-5,7-9H,6,12-13H2,1-3H3,(H,14,15)/b5-4-/t8-,9?/m0/s1. The molecule has 6 nitrogen and oxygen atoms in total. The van der Waals surface area contributed by atoms with Gasteiger partial charge in [0.2, 0.25) is 5.91 Å². The minimum absolute atomic E-state index is 0.0214. The highest BCUT2D eigenvalue weighted by molar-refractivity contribution is 5.88. The molecule has 0 aliphatic carbocycles. The predicted molar refractivity (Wildman–Crippen MR) is 65.0 cm³/mol. The van der Waals surface area contributed by atoms with Crippen molar-refractivity contribution in [3.8, 4) is 0 Å². The molecule has 98 valence electrons. The molecule has 0 saturated heterocycles. The number of carbonyl (C=O) groups is 2. The molecule has 0 fully saturated rings. The van der Waals surface area contributed by atoms with Gasteiger partial charge in [0.1, 0.15) is 6.04 Å². The van der Waals surface area contributed by atoms with E-state index in [1.54, 1.807) is 12.2 Å². The van der Waals surface area contributed by atoms with Crippen LogP contribution in [0.25, 0.3) is 0 Å². The average molecular weight is 243 g/mol. The molecule has 2 atom stereocenters. The molecule has 0 aliphatic rings. The average Bonchev–Trinajstić information content (AvgIpc) is 2.31. The number of methoxy groups -OCH3 is 1. The summed E-state index contributed by atoms with van der Waals surface area (Å²) < 4.78 is 4.58. The number of nitrogens with two attached hydrogens (primary N) is 2. The topological polar surface area (TPSA) is 107 Å². The number of carbonyl (C=O) groups excluding carboxylic acids is 2. The van der Waals surface area contributed by atoms with Crippen LogP contribution < -0.4 is 16.8 Å². The van der Waals surface area contributed by atoms with Crippen LogP contribution in [0.3, 0.4) is 0 Å². The third-order valence-electron chi connectivity index (χ3n) is 2.03. The van der Waals surface area contributed by atoms with Crippen molar-refractivity contribution in [1.82, 2.24) is 5.32 Å². The van der Waals surface area contributed by atoms with Crippen molar-refractivity contribution < 1.29 is 14.3 Å². The first-order valence-electron chi connectivity index (χ1n) is 5.44. The van der Waals surface area contributed by atoms with Gasteiger partial charge in [-0.25, -0.2) is 4.79 Å². The fraction of sp³-hybridized carbons (Fsp3) is 0.636. The summed E-state index contributed by atoms with van der Waals surface area (Å²) >= 11 is 0. The molecule has 0 rings (SSSR count). The Balaban J connectivity index is 4.60. The van der Waals surface area contributed by atoms with E-state index in [9.17, 15) is 9.59 Å². The van der Waals surface area contributed by atoms with Gasteiger partial charge in [0, 0.05) is 6.54 Å². The Morgan fingerprint density at radius 1 is 1.35 bits per heavy atom. The van der Waals surface area contributed by atoms with Gasteiger partial charge in [-0.2, -0.15) is 0 Å². The first-order valence-corrected chi connectivity index (χ1v) is 5.44. The SMILES string of the molecule is COC(=O)C(/C=C\C(C)C)NC(=O)[C@@H](N)CN. The van der Waals surface area contributed by atoms with Crippen LogP contribution in [0, 0.1) is 5.92 Å². The lowest BCUT2D eigenvalue weighted by Gasteiger charge is -2.15. The van der Waals surface area contributed by atoms with Gasteiger partial charge in [-0.15, -0.1) is 0 Å². The first-order chi connectivity index (χ1) is 7.92. The number of hydrogen-bond donors (Lipinski definition) is 3. The number of rotatable bonds is 6. The maximum absolute atomic E-state index is 11.5. The molecule has 1 amide bonds. The molecule has 0 radical (unpaired) electrons. The fourth-order valence-corrected chi connectivity index (χ4v) is 1.01. The van der Waals surface area contributed by atoms with Gasteiger partial charge in [-0.3, -0.25) is 4.79 Å². The Morgan fingerprint density at radius 2 is 1.94 bits per heavy atom. The summed E-state index contributed by atoms with van der Waals surface area (Å²) in [7, 11) is 1.26. The zero-order chi connectivity index (χ0) is 13.4. The molecule has 0 heterocycles. The number of ether oxygens (including phenoxy) is 1. The van der Waals surface area contributed by atoms with Crippen LogP contribution in [-0.4, -0.2) is 37.6 Å². The molecule has 6 heteroatoms. The highest BCUT2D eigenvalue weighted by Gasteiger charge is 2.21. The van der Waals surface area contributed by atoms with E-state index >= 15 is 0 Å². The van der Waals surface area contributed by atoms with Crippen LogP contribution in [-0.2, 0) is 14.3 Å². The van der Waals surface area contributed by atoms with Crippen LogP contribution in [0.4, 0.5) is 0 Å². The second kappa shape index (κ2) is 7.81. The third kappa shape index (κ3) is 6.03. The van der Waals surface area contributed by atoms with Gasteiger partial charge in [0.15, 0.2) is 0 Å². The second-order valence-corrected chi connectivity index (χ2v) is 3.98. The lowest BCUT2D eigenvalue weighted by Crippen LogP contribution is -2.50. The van der Waals surface area contributed by atoms with E-state index < -0.39 is 24.0 Å². The Labute approximate surface area is 101 Å². The van der Waals surface area contributed by atoms with E-state index in [0.29, 0.717) is 0 Å². The summed E-state index contributed by atoms with van der Waals surface area (Å²) in [5.74, 6) is -0.752. The minimum atomic E-state index is -0.826. The molecule has 0 spiro atoms. The van der Waals surface area contributed by atoms with Crippen LogP contribution in [0.5, 0.6) is 0 Å². The largest absolute Gasteiger partial charge is 0.467 e. The van der Waals surface area contributed by atoms with Crippen molar-refractivity contribution in [2.45, 2.75) is 25.9 Å². The molecular weight excluding hydrogens is 222 g/mol. The van der Waals surface area contributed by atoms with Crippen molar-refractivity contribution in [2.24, 2.45) is 17.4 Å². The number of nitrogens with one attached hydrogen (secondary N) is 1. The van der Waals surface area contributed by atoms with Gasteiger partial charge < -0.3 is 21.5 Å². The normalized spacial score (nSPS) is 14.7. The first kappa shape index (κ1) is 15.6. The van der Waals surface area contributed by atoms with Gasteiger partial charge in [0.05, 0.1) is 13.2 Å². The lowest BCUT2D eigenvalue weighted by molar-refractivity contribution is -0.143. The molecule has 1 unspecified atom stereocenters. The van der Waals surface area contributed by atoms with Crippen molar-refractivity contribution in [2.75, 3.05) is 13.7 Å². The van der Waals surface area contributed by atoms with Crippen LogP contribution in [0.2, 0.25) is 0 Å². The van der Waals surface area contributed by atoms with E-state index in [1.807, 2.05) is 13.8 Å². The molecule has 0 aliphatic heterocycles. The lowest BCUT2D eigenvalue weighted by atomic mass is 10.1. The number of hydrogen-bond acceptors (Lipinski definition) is 5. The summed E-state index contributed by atoms with van der Waals surface area (Å²) in [6, 6.07) is -1.65. The Hall–Kier alpha value is -1.40. The van der Waals surface area contributed by atoms with Crippen LogP contribution >= 0.6 is 0 Å². The second-order valence-electron chi connectivity index (χ2n) is 3.98. The Kier molecular flexibility index (Phi) is 7.16. The highest BCUT2D eigenvalue weighted by Crippen LogP contribution is 1.98. The van der Waals surface area contributed by atoms with Crippen molar-refractivity contribution in [3.63, 3.8) is 0 Å². The van der Waals surface area contributed by atoms with Gasteiger partial charge in [0.25, 0.3) is 0 Å². The number of esters is 1. The van der Waals surface area contributed by atoms with E-state index in [2.05, 4.69) is 10.1 Å². The maximum Gasteiger partial charge on any atom is 0.332 e. The van der Waals surface area contributed by atoms with Crippen molar-refractivity contribution in [3.05, 3.63) is 12.2 Å². The summed E-state index contributed by atoms with van der Waals surface area (Å²) in [4.78, 5) is 22.9. The van der Waals surface area contributed by atoms with Crippen molar-refractivity contribution >= 4 is 11.9 Å². The molecule has 0 aromatic carbocycles. The number of amides is 1. The van der Waals surface area contributed by atoms with Gasteiger partial charge in [-0.1, -0.05) is 26.0 Å². The van der Waals surface area contributed by atoms with E-state index in [4.69, 9.17) is 11.5 Å². The van der Waals surface area contributed by atoms with E-state index in [-0.39, 0.29) is 12.5 Å². The molecule has 17 heavy (non-hydrogen) atoms. The molecular formula is C11H21N3O3. The highest BCUT2D eigenvalue weighted by atomic mass is 16.5. The predicted octanol–water partition coefficient (Wildman–Crippen LogP) is -0.858. The third-order valence-corrected chi connectivity index (χ3v) is 2.03. The summed E-state index contributed by atoms with van der Waals surface area (Å²) in [5.41, 5.74) is 10.7. The Morgan fingerprint density at radius 3 is 2.35 bits per heavy atom. The van der Waals surface area contributed by atoms with Gasteiger partial charge in [-0.05, 0) is 5.92 Å². The molecule has 0 bridgehead atoms. The van der Waals surface area contributed by atoms with E-state index in [0.717, 1.165) is 0 Å². The quantitative estimate of drug-likeness (QED) is 0.416. The summed E-state index contributed by atoms with van der Waals surface area (Å²) in [5, 5.41) is 2.47. The van der Waals surface area contributed by atoms with Crippen molar-refractivity contribution in [1.29, 1.82) is 0 Å². The smallest absolute Gasteiger partial charge is 0.332 e. The zero-order valence-electron chi connectivity index (χ0n) is 10.5. The summed E-state index contributed by atoms with van der Waals surface area (Å²) in [6.45, 7) is 3.93. The minimum Gasteiger partial charge on any atom is -0.467 e. The van der Waals surface area contributed by atoms with Gasteiger partial charge >= 0.3 is 5.97 Å². The molecule has 0 aromatic rings. The van der Waals surface area contributed by atoms with Crippen LogP contribution in [0.1, 0.15) is 13.8 Å². The zero-order valence-corrected chi connectivity index (χ0v) is 10.5.